The molecule has 0 aliphatic heterocycles. The summed E-state index contributed by atoms with van der Waals surface area (Å²) in [5.41, 5.74) is 0.432. The second-order valence-electron chi connectivity index (χ2n) is 2.71. The standard InChI is InChI=1S/C10H12O4P/c1-3-14-15(12)9-6-4-8(5-7-9)10(11)13-2/h4-7H,3H2,1-2H3/q+1. The van der Waals surface area contributed by atoms with Gasteiger partial charge in [0.15, 0.2) is 0 Å². The molecule has 1 atom stereocenters. The molecule has 0 fully saturated rings. The largest absolute Gasteiger partial charge is 0.548 e. The normalized spacial score (nSPS) is 10.9. The maximum Gasteiger partial charge on any atom is 0.548 e. The molecule has 0 bridgehead atoms. The van der Waals surface area contributed by atoms with Crippen LogP contribution in [0.3, 0.4) is 0 Å². The Morgan fingerprint density at radius 2 is 1.93 bits per heavy atom. The second-order valence-corrected chi connectivity index (χ2v) is 4.00. The highest BCUT2D eigenvalue weighted by Gasteiger charge is 2.21. The number of carbonyl (C=O) groups excluding carboxylic acids is 1. The van der Waals surface area contributed by atoms with Crippen molar-refractivity contribution in [2.24, 2.45) is 0 Å². The number of esters is 1. The Labute approximate surface area is 89.1 Å². The van der Waals surface area contributed by atoms with Crippen LogP contribution in [-0.4, -0.2) is 19.7 Å². The molecule has 1 rings (SSSR count). The van der Waals surface area contributed by atoms with Gasteiger partial charge < -0.3 is 4.74 Å². The fourth-order valence-electron chi connectivity index (χ4n) is 1.03. The van der Waals surface area contributed by atoms with Crippen LogP contribution in [0.25, 0.3) is 0 Å². The summed E-state index contributed by atoms with van der Waals surface area (Å²) < 4.78 is 20.9. The van der Waals surface area contributed by atoms with Gasteiger partial charge in [-0.05, 0) is 35.8 Å². The number of hydrogen-bond acceptors (Lipinski definition) is 4. The van der Waals surface area contributed by atoms with Crippen molar-refractivity contribution in [3.05, 3.63) is 29.8 Å². The zero-order valence-corrected chi connectivity index (χ0v) is 9.49. The van der Waals surface area contributed by atoms with Crippen LogP contribution in [0.15, 0.2) is 24.3 Å². The van der Waals surface area contributed by atoms with Gasteiger partial charge in [0.1, 0.15) is 6.61 Å². The lowest BCUT2D eigenvalue weighted by atomic mass is 10.2. The minimum absolute atomic E-state index is 0.397. The molecule has 0 N–H and O–H groups in total. The Hall–Kier alpha value is -1.25. The number of rotatable bonds is 4. The molecule has 0 saturated carbocycles. The van der Waals surface area contributed by atoms with Crippen molar-refractivity contribution in [2.75, 3.05) is 13.7 Å². The molecule has 0 radical (unpaired) electrons. The first-order valence-electron chi connectivity index (χ1n) is 4.47. The van der Waals surface area contributed by atoms with Crippen LogP contribution in [0.4, 0.5) is 0 Å². The van der Waals surface area contributed by atoms with Gasteiger partial charge in [0, 0.05) is 0 Å². The molecule has 4 nitrogen and oxygen atoms in total. The van der Waals surface area contributed by atoms with Crippen molar-refractivity contribution in [3.63, 3.8) is 0 Å². The van der Waals surface area contributed by atoms with Crippen molar-refractivity contribution in [3.8, 4) is 0 Å². The molecule has 0 aliphatic rings. The summed E-state index contributed by atoms with van der Waals surface area (Å²) in [6, 6.07) is 6.32. The van der Waals surface area contributed by atoms with Gasteiger partial charge in [-0.25, -0.2) is 4.79 Å². The highest BCUT2D eigenvalue weighted by molar-refractivity contribution is 7.48. The van der Waals surface area contributed by atoms with Gasteiger partial charge in [0.25, 0.3) is 0 Å². The number of benzene rings is 1. The molecular weight excluding hydrogens is 215 g/mol. The Balaban J connectivity index is 2.80. The predicted molar refractivity (Wildman–Crippen MR) is 56.6 cm³/mol. The first kappa shape index (κ1) is 11.8. The Kier molecular flexibility index (Phi) is 4.40. The smallest absolute Gasteiger partial charge is 0.465 e. The third-order valence-corrected chi connectivity index (χ3v) is 2.96. The van der Waals surface area contributed by atoms with Crippen LogP contribution in [0.5, 0.6) is 0 Å². The second kappa shape index (κ2) is 5.59. The van der Waals surface area contributed by atoms with E-state index in [4.69, 9.17) is 4.52 Å². The van der Waals surface area contributed by atoms with Crippen molar-refractivity contribution >= 4 is 19.3 Å². The molecule has 0 aromatic heterocycles. The average Bonchev–Trinajstić information content (AvgIpc) is 2.28. The Bertz CT molecular complexity index is 358. The molecule has 1 unspecified atom stereocenters. The van der Waals surface area contributed by atoms with Crippen LogP contribution in [0.1, 0.15) is 17.3 Å². The third kappa shape index (κ3) is 3.11. The monoisotopic (exact) mass is 227 g/mol. The van der Waals surface area contributed by atoms with Gasteiger partial charge in [-0.2, -0.15) is 0 Å². The molecule has 1 aromatic carbocycles. The Morgan fingerprint density at radius 3 is 2.40 bits per heavy atom. The number of methoxy groups -OCH3 is 1. The SMILES string of the molecule is CCO[P+](=O)c1ccc(C(=O)OC)cc1. The lowest BCUT2D eigenvalue weighted by Gasteiger charge is -1.96. The maximum atomic E-state index is 11.4. The van der Waals surface area contributed by atoms with Crippen molar-refractivity contribution in [2.45, 2.75) is 6.92 Å². The molecular formula is C10H12O4P+. The molecule has 0 aliphatic carbocycles. The molecule has 0 heterocycles. The quantitative estimate of drug-likeness (QED) is 0.582. The van der Waals surface area contributed by atoms with Crippen LogP contribution >= 0.6 is 8.03 Å². The van der Waals surface area contributed by atoms with Gasteiger partial charge >= 0.3 is 14.0 Å². The number of hydrogen-bond donors (Lipinski definition) is 0. The van der Waals surface area contributed by atoms with E-state index >= 15 is 0 Å². The first-order valence-corrected chi connectivity index (χ1v) is 5.65. The summed E-state index contributed by atoms with van der Waals surface area (Å²) in [6.45, 7) is 2.17. The van der Waals surface area contributed by atoms with Crippen molar-refractivity contribution < 1.29 is 18.6 Å². The summed E-state index contributed by atoms with van der Waals surface area (Å²) in [7, 11) is -0.497. The van der Waals surface area contributed by atoms with Crippen molar-refractivity contribution in [1.29, 1.82) is 0 Å². The summed E-state index contributed by atoms with van der Waals surface area (Å²) in [5, 5.41) is 0.569. The minimum atomic E-state index is -1.81. The van der Waals surface area contributed by atoms with Crippen molar-refractivity contribution in [1.82, 2.24) is 0 Å². The molecule has 0 amide bonds. The van der Waals surface area contributed by atoms with Crippen LogP contribution in [-0.2, 0) is 13.8 Å². The molecule has 15 heavy (non-hydrogen) atoms. The summed E-state index contributed by atoms with van der Waals surface area (Å²) in [5.74, 6) is -0.409. The Morgan fingerprint density at radius 1 is 1.33 bits per heavy atom. The van der Waals surface area contributed by atoms with E-state index in [1.807, 2.05) is 0 Å². The highest BCUT2D eigenvalue weighted by Crippen LogP contribution is 2.20. The predicted octanol–water partition coefficient (Wildman–Crippen LogP) is 1.88. The van der Waals surface area contributed by atoms with E-state index in [9.17, 15) is 9.36 Å². The number of ether oxygens (including phenoxy) is 1. The van der Waals surface area contributed by atoms with Crippen LogP contribution in [0, 0.1) is 0 Å². The van der Waals surface area contributed by atoms with Crippen LogP contribution in [0.2, 0.25) is 0 Å². The molecule has 1 aromatic rings. The zero-order chi connectivity index (χ0) is 11.3. The fraction of sp³-hybridized carbons (Fsp3) is 0.300. The summed E-state index contributed by atoms with van der Waals surface area (Å²) in [4.78, 5) is 11.1. The zero-order valence-electron chi connectivity index (χ0n) is 8.60. The van der Waals surface area contributed by atoms with E-state index in [2.05, 4.69) is 4.74 Å². The number of carbonyl (C=O) groups is 1. The molecule has 5 heteroatoms. The lowest BCUT2D eigenvalue weighted by Crippen LogP contribution is -2.04. The highest BCUT2D eigenvalue weighted by atomic mass is 31.1. The first-order chi connectivity index (χ1) is 7.19. The maximum absolute atomic E-state index is 11.4. The molecule has 0 spiro atoms. The van der Waals surface area contributed by atoms with Gasteiger partial charge in [-0.1, -0.05) is 0 Å². The topological polar surface area (TPSA) is 52.6 Å². The van der Waals surface area contributed by atoms with E-state index in [-0.39, 0.29) is 0 Å². The van der Waals surface area contributed by atoms with Gasteiger partial charge in [-0.15, -0.1) is 4.52 Å². The molecule has 80 valence electrons. The van der Waals surface area contributed by atoms with E-state index in [1.165, 1.54) is 7.11 Å². The third-order valence-electron chi connectivity index (χ3n) is 1.75. The summed E-state index contributed by atoms with van der Waals surface area (Å²) >= 11 is 0. The molecule has 0 saturated heterocycles. The summed E-state index contributed by atoms with van der Waals surface area (Å²) in [6.07, 6.45) is 0. The van der Waals surface area contributed by atoms with Gasteiger partial charge in [-0.3, -0.25) is 0 Å². The van der Waals surface area contributed by atoms with E-state index in [0.29, 0.717) is 17.5 Å². The van der Waals surface area contributed by atoms with E-state index in [1.54, 1.807) is 31.2 Å². The van der Waals surface area contributed by atoms with E-state index < -0.39 is 14.0 Å². The lowest BCUT2D eigenvalue weighted by molar-refractivity contribution is 0.0601. The van der Waals surface area contributed by atoms with Gasteiger partial charge in [0.2, 0.25) is 5.30 Å². The minimum Gasteiger partial charge on any atom is -0.465 e. The van der Waals surface area contributed by atoms with Gasteiger partial charge in [0.05, 0.1) is 12.7 Å². The average molecular weight is 227 g/mol. The van der Waals surface area contributed by atoms with Crippen LogP contribution < -0.4 is 5.30 Å². The van der Waals surface area contributed by atoms with E-state index in [0.717, 1.165) is 0 Å². The fourth-order valence-corrected chi connectivity index (χ4v) is 1.80.